The zero-order chi connectivity index (χ0) is 15.3. The van der Waals surface area contributed by atoms with Crippen molar-refractivity contribution < 1.29 is 9.53 Å². The first-order chi connectivity index (χ1) is 10.1. The molecule has 21 heavy (non-hydrogen) atoms. The van der Waals surface area contributed by atoms with E-state index in [1.165, 1.54) is 0 Å². The normalized spacial score (nSPS) is 13.5. The standard InChI is InChI=1S/C17H20N2O2/c1-3-21-16(20)17(2,12-18)14-8-6-7-13(11-14)15-9-4-5-10-19-15/h4-11H,3,12,18H2,1-2H3. The van der Waals surface area contributed by atoms with Gasteiger partial charge >= 0.3 is 5.97 Å². The molecular weight excluding hydrogens is 264 g/mol. The van der Waals surface area contributed by atoms with Crippen LogP contribution in [-0.2, 0) is 14.9 Å². The summed E-state index contributed by atoms with van der Waals surface area (Å²) in [6.07, 6.45) is 1.75. The van der Waals surface area contributed by atoms with Crippen molar-refractivity contribution in [1.29, 1.82) is 0 Å². The van der Waals surface area contributed by atoms with Crippen molar-refractivity contribution in [3.8, 4) is 11.3 Å². The van der Waals surface area contributed by atoms with Crippen molar-refractivity contribution in [2.24, 2.45) is 5.73 Å². The van der Waals surface area contributed by atoms with Gasteiger partial charge in [-0.3, -0.25) is 9.78 Å². The third-order valence-corrected chi connectivity index (χ3v) is 3.59. The van der Waals surface area contributed by atoms with E-state index in [2.05, 4.69) is 4.98 Å². The molecule has 0 aliphatic heterocycles. The number of pyridine rings is 1. The summed E-state index contributed by atoms with van der Waals surface area (Å²) >= 11 is 0. The molecule has 0 saturated heterocycles. The maximum absolute atomic E-state index is 12.2. The van der Waals surface area contributed by atoms with Crippen LogP contribution in [-0.4, -0.2) is 24.1 Å². The fourth-order valence-electron chi connectivity index (χ4n) is 2.16. The maximum Gasteiger partial charge on any atom is 0.317 e. The van der Waals surface area contributed by atoms with Crippen molar-refractivity contribution in [2.45, 2.75) is 19.3 Å². The molecule has 0 saturated carbocycles. The minimum Gasteiger partial charge on any atom is -0.465 e. The van der Waals surface area contributed by atoms with E-state index in [9.17, 15) is 4.79 Å². The third kappa shape index (κ3) is 3.11. The van der Waals surface area contributed by atoms with Gasteiger partial charge in [0.2, 0.25) is 0 Å². The number of aromatic nitrogens is 1. The van der Waals surface area contributed by atoms with E-state index in [1.54, 1.807) is 13.1 Å². The van der Waals surface area contributed by atoms with Crippen molar-refractivity contribution in [1.82, 2.24) is 4.98 Å². The maximum atomic E-state index is 12.2. The van der Waals surface area contributed by atoms with E-state index in [0.29, 0.717) is 6.61 Å². The van der Waals surface area contributed by atoms with Crippen LogP contribution >= 0.6 is 0 Å². The number of nitrogens with zero attached hydrogens (tertiary/aromatic N) is 1. The molecule has 0 bridgehead atoms. The lowest BCUT2D eigenvalue weighted by molar-refractivity contribution is -0.149. The Hall–Kier alpha value is -2.20. The molecule has 0 fully saturated rings. The molecule has 4 heteroatoms. The summed E-state index contributed by atoms with van der Waals surface area (Å²) in [4.78, 5) is 16.6. The Balaban J connectivity index is 2.42. The first-order valence-corrected chi connectivity index (χ1v) is 7.01. The number of rotatable bonds is 5. The second kappa shape index (κ2) is 6.50. The van der Waals surface area contributed by atoms with Gasteiger partial charge in [0, 0.05) is 18.3 Å². The number of carbonyl (C=O) groups excluding carboxylic acids is 1. The van der Waals surface area contributed by atoms with Crippen LogP contribution in [0.1, 0.15) is 19.4 Å². The molecule has 1 heterocycles. The SMILES string of the molecule is CCOC(=O)C(C)(CN)c1cccc(-c2ccccn2)c1. The molecule has 1 aromatic heterocycles. The summed E-state index contributed by atoms with van der Waals surface area (Å²) < 4.78 is 5.16. The van der Waals surface area contributed by atoms with E-state index < -0.39 is 5.41 Å². The van der Waals surface area contributed by atoms with Gasteiger partial charge in [-0.25, -0.2) is 0 Å². The highest BCUT2D eigenvalue weighted by Crippen LogP contribution is 2.28. The molecule has 1 unspecified atom stereocenters. The number of hydrogen-bond donors (Lipinski definition) is 1. The molecule has 1 atom stereocenters. The smallest absolute Gasteiger partial charge is 0.317 e. The molecule has 0 aliphatic carbocycles. The second-order valence-electron chi connectivity index (χ2n) is 5.05. The number of hydrogen-bond acceptors (Lipinski definition) is 4. The molecule has 0 aliphatic rings. The predicted molar refractivity (Wildman–Crippen MR) is 82.7 cm³/mol. The Morgan fingerprint density at radius 3 is 2.71 bits per heavy atom. The predicted octanol–water partition coefficient (Wildman–Crippen LogP) is 2.53. The van der Waals surface area contributed by atoms with Crippen molar-refractivity contribution in [2.75, 3.05) is 13.2 Å². The van der Waals surface area contributed by atoms with E-state index in [4.69, 9.17) is 10.5 Å². The van der Waals surface area contributed by atoms with E-state index in [0.717, 1.165) is 16.8 Å². The molecule has 0 radical (unpaired) electrons. The molecule has 2 rings (SSSR count). The molecule has 2 N–H and O–H groups in total. The van der Waals surface area contributed by atoms with Gasteiger partial charge in [-0.2, -0.15) is 0 Å². The Bertz CT molecular complexity index is 613. The lowest BCUT2D eigenvalue weighted by Gasteiger charge is -2.26. The Labute approximate surface area is 125 Å². The zero-order valence-electron chi connectivity index (χ0n) is 12.4. The lowest BCUT2D eigenvalue weighted by Crippen LogP contribution is -2.41. The largest absolute Gasteiger partial charge is 0.465 e. The van der Waals surface area contributed by atoms with E-state index in [1.807, 2.05) is 49.4 Å². The Morgan fingerprint density at radius 2 is 2.10 bits per heavy atom. The van der Waals surface area contributed by atoms with Gasteiger partial charge in [0.25, 0.3) is 0 Å². The zero-order valence-corrected chi connectivity index (χ0v) is 12.4. The Morgan fingerprint density at radius 1 is 1.29 bits per heavy atom. The monoisotopic (exact) mass is 284 g/mol. The van der Waals surface area contributed by atoms with Gasteiger partial charge in [-0.15, -0.1) is 0 Å². The van der Waals surface area contributed by atoms with Crippen molar-refractivity contribution >= 4 is 5.97 Å². The fraction of sp³-hybridized carbons (Fsp3) is 0.294. The number of benzene rings is 1. The second-order valence-corrected chi connectivity index (χ2v) is 5.05. The van der Waals surface area contributed by atoms with Gasteiger partial charge in [0.05, 0.1) is 12.3 Å². The molecule has 0 spiro atoms. The highest BCUT2D eigenvalue weighted by Gasteiger charge is 2.35. The number of nitrogens with two attached hydrogens (primary N) is 1. The van der Waals surface area contributed by atoms with E-state index in [-0.39, 0.29) is 12.5 Å². The van der Waals surface area contributed by atoms with Crippen LogP contribution in [0.25, 0.3) is 11.3 Å². The highest BCUT2D eigenvalue weighted by atomic mass is 16.5. The van der Waals surface area contributed by atoms with Crippen molar-refractivity contribution in [3.05, 3.63) is 54.2 Å². The number of carbonyl (C=O) groups is 1. The molecule has 1 aromatic carbocycles. The first kappa shape index (κ1) is 15.2. The van der Waals surface area contributed by atoms with Crippen LogP contribution in [0.15, 0.2) is 48.7 Å². The first-order valence-electron chi connectivity index (χ1n) is 7.01. The molecular formula is C17H20N2O2. The molecule has 2 aromatic rings. The molecule has 110 valence electrons. The molecule has 4 nitrogen and oxygen atoms in total. The minimum atomic E-state index is -0.846. The van der Waals surface area contributed by atoms with Gasteiger partial charge in [0.15, 0.2) is 0 Å². The van der Waals surface area contributed by atoms with Crippen LogP contribution in [0.5, 0.6) is 0 Å². The summed E-state index contributed by atoms with van der Waals surface area (Å²) in [5.41, 5.74) is 7.65. The summed E-state index contributed by atoms with van der Waals surface area (Å²) in [5, 5.41) is 0. The summed E-state index contributed by atoms with van der Waals surface area (Å²) in [5.74, 6) is -0.300. The topological polar surface area (TPSA) is 65.2 Å². The van der Waals surface area contributed by atoms with Crippen LogP contribution in [0.4, 0.5) is 0 Å². The fourth-order valence-corrected chi connectivity index (χ4v) is 2.16. The van der Waals surface area contributed by atoms with Crippen LogP contribution < -0.4 is 5.73 Å². The summed E-state index contributed by atoms with van der Waals surface area (Å²) in [7, 11) is 0. The van der Waals surface area contributed by atoms with Crippen LogP contribution in [0, 0.1) is 0 Å². The number of ether oxygens (including phenoxy) is 1. The summed E-state index contributed by atoms with van der Waals surface area (Å²) in [6.45, 7) is 4.13. The van der Waals surface area contributed by atoms with Gasteiger partial charge in [-0.05, 0) is 37.6 Å². The highest BCUT2D eigenvalue weighted by molar-refractivity contribution is 5.83. The summed E-state index contributed by atoms with van der Waals surface area (Å²) in [6, 6.07) is 13.5. The average Bonchev–Trinajstić information content (AvgIpc) is 2.55. The van der Waals surface area contributed by atoms with Gasteiger partial charge < -0.3 is 10.5 Å². The Kier molecular flexibility index (Phi) is 4.70. The quantitative estimate of drug-likeness (QED) is 0.857. The number of esters is 1. The lowest BCUT2D eigenvalue weighted by atomic mass is 9.81. The van der Waals surface area contributed by atoms with Gasteiger partial charge in [-0.1, -0.05) is 24.3 Å². The van der Waals surface area contributed by atoms with Crippen LogP contribution in [0.3, 0.4) is 0 Å². The average molecular weight is 284 g/mol. The molecule has 0 amide bonds. The van der Waals surface area contributed by atoms with E-state index >= 15 is 0 Å². The van der Waals surface area contributed by atoms with Crippen molar-refractivity contribution in [3.63, 3.8) is 0 Å². The van der Waals surface area contributed by atoms with Gasteiger partial charge in [0.1, 0.15) is 5.41 Å². The van der Waals surface area contributed by atoms with Crippen LogP contribution in [0.2, 0.25) is 0 Å². The third-order valence-electron chi connectivity index (χ3n) is 3.59. The minimum absolute atomic E-state index is 0.192.